The van der Waals surface area contributed by atoms with E-state index in [2.05, 4.69) is 0 Å². The molecule has 0 atom stereocenters. The smallest absolute Gasteiger partial charge is 0.336 e. The summed E-state index contributed by atoms with van der Waals surface area (Å²) in [5.41, 5.74) is 2.82. The Labute approximate surface area is 111 Å². The van der Waals surface area contributed by atoms with Gasteiger partial charge in [0.05, 0.1) is 0 Å². The summed E-state index contributed by atoms with van der Waals surface area (Å²) in [7, 11) is 0. The SMILES string of the molecule is O=C1C=C(c2ccccc2)/C(=C\c2ccccc2)O1. The molecular formula is C17H12O2. The molecule has 1 aliphatic heterocycles. The summed E-state index contributed by atoms with van der Waals surface area (Å²) >= 11 is 0. The van der Waals surface area contributed by atoms with E-state index < -0.39 is 0 Å². The molecule has 0 N–H and O–H groups in total. The molecule has 0 saturated carbocycles. The molecule has 0 amide bonds. The van der Waals surface area contributed by atoms with Crippen molar-refractivity contribution in [3.05, 3.63) is 83.6 Å². The number of allylic oxidation sites excluding steroid dienone is 1. The Morgan fingerprint density at radius 2 is 1.47 bits per heavy atom. The van der Waals surface area contributed by atoms with Gasteiger partial charge in [0.1, 0.15) is 5.76 Å². The Kier molecular flexibility index (Phi) is 2.99. The van der Waals surface area contributed by atoms with Crippen molar-refractivity contribution in [1.82, 2.24) is 0 Å². The second kappa shape index (κ2) is 4.94. The van der Waals surface area contributed by atoms with Crippen LogP contribution in [0.5, 0.6) is 0 Å². The molecule has 92 valence electrons. The van der Waals surface area contributed by atoms with Crippen LogP contribution in [0.25, 0.3) is 11.6 Å². The average molecular weight is 248 g/mol. The van der Waals surface area contributed by atoms with Crippen molar-refractivity contribution in [2.45, 2.75) is 0 Å². The summed E-state index contributed by atoms with van der Waals surface area (Å²) in [5.74, 6) is 0.281. The van der Waals surface area contributed by atoms with Crippen LogP contribution >= 0.6 is 0 Å². The van der Waals surface area contributed by atoms with Gasteiger partial charge in [-0.2, -0.15) is 0 Å². The van der Waals surface area contributed by atoms with E-state index in [1.54, 1.807) is 0 Å². The van der Waals surface area contributed by atoms with E-state index >= 15 is 0 Å². The first-order chi connectivity index (χ1) is 9.33. The van der Waals surface area contributed by atoms with Crippen LogP contribution in [0.2, 0.25) is 0 Å². The van der Waals surface area contributed by atoms with Crippen molar-refractivity contribution in [3.63, 3.8) is 0 Å². The van der Waals surface area contributed by atoms with Crippen LogP contribution in [-0.2, 0) is 9.53 Å². The van der Waals surface area contributed by atoms with Crippen LogP contribution in [-0.4, -0.2) is 5.97 Å². The van der Waals surface area contributed by atoms with E-state index in [0.717, 1.165) is 16.7 Å². The third kappa shape index (κ3) is 2.47. The lowest BCUT2D eigenvalue weighted by Crippen LogP contribution is -1.91. The van der Waals surface area contributed by atoms with Gasteiger partial charge >= 0.3 is 5.97 Å². The van der Waals surface area contributed by atoms with Gasteiger partial charge in [0.25, 0.3) is 0 Å². The van der Waals surface area contributed by atoms with Crippen LogP contribution in [0.4, 0.5) is 0 Å². The summed E-state index contributed by atoms with van der Waals surface area (Å²) < 4.78 is 5.26. The molecule has 19 heavy (non-hydrogen) atoms. The molecule has 0 aromatic heterocycles. The van der Waals surface area contributed by atoms with Gasteiger partial charge in [-0.25, -0.2) is 4.79 Å². The molecule has 0 fully saturated rings. The number of benzene rings is 2. The van der Waals surface area contributed by atoms with Gasteiger partial charge in [-0.1, -0.05) is 60.7 Å². The number of hydrogen-bond donors (Lipinski definition) is 0. The van der Waals surface area contributed by atoms with Crippen LogP contribution < -0.4 is 0 Å². The lowest BCUT2D eigenvalue weighted by atomic mass is 10.0. The summed E-state index contributed by atoms with van der Waals surface area (Å²) in [5, 5.41) is 0. The lowest BCUT2D eigenvalue weighted by Gasteiger charge is -2.04. The molecule has 2 aromatic carbocycles. The van der Waals surface area contributed by atoms with Crippen molar-refractivity contribution in [2.24, 2.45) is 0 Å². The zero-order valence-corrected chi connectivity index (χ0v) is 10.2. The quantitative estimate of drug-likeness (QED) is 0.758. The Balaban J connectivity index is 2.01. The number of cyclic esters (lactones) is 1. The van der Waals surface area contributed by atoms with Gasteiger partial charge in [-0.3, -0.25) is 0 Å². The maximum atomic E-state index is 11.5. The molecule has 0 spiro atoms. The Bertz CT molecular complexity index is 652. The number of ether oxygens (including phenoxy) is 1. The summed E-state index contributed by atoms with van der Waals surface area (Å²) in [6.07, 6.45) is 3.41. The van der Waals surface area contributed by atoms with E-state index in [0.29, 0.717) is 5.76 Å². The number of carbonyl (C=O) groups excluding carboxylic acids is 1. The highest BCUT2D eigenvalue weighted by molar-refractivity contribution is 6.03. The van der Waals surface area contributed by atoms with Crippen LogP contribution in [0, 0.1) is 0 Å². The Morgan fingerprint density at radius 1 is 0.842 bits per heavy atom. The molecule has 0 saturated heterocycles. The maximum Gasteiger partial charge on any atom is 0.336 e. The average Bonchev–Trinajstić information content (AvgIpc) is 2.82. The molecule has 2 nitrogen and oxygen atoms in total. The number of carbonyl (C=O) groups is 1. The molecule has 0 aliphatic carbocycles. The minimum Gasteiger partial charge on any atom is -0.423 e. The monoisotopic (exact) mass is 248 g/mol. The zero-order valence-electron chi connectivity index (χ0n) is 10.2. The van der Waals surface area contributed by atoms with Gasteiger partial charge in [0.15, 0.2) is 0 Å². The maximum absolute atomic E-state index is 11.5. The molecule has 0 radical (unpaired) electrons. The van der Waals surface area contributed by atoms with E-state index in [-0.39, 0.29) is 5.97 Å². The summed E-state index contributed by atoms with van der Waals surface area (Å²) in [4.78, 5) is 11.5. The van der Waals surface area contributed by atoms with E-state index in [4.69, 9.17) is 4.74 Å². The third-order valence-electron chi connectivity index (χ3n) is 2.92. The fraction of sp³-hybridized carbons (Fsp3) is 0. The number of rotatable bonds is 2. The number of hydrogen-bond acceptors (Lipinski definition) is 2. The van der Waals surface area contributed by atoms with Gasteiger partial charge < -0.3 is 4.74 Å². The minimum atomic E-state index is -0.318. The van der Waals surface area contributed by atoms with Crippen molar-refractivity contribution in [2.75, 3.05) is 0 Å². The fourth-order valence-electron chi connectivity index (χ4n) is 2.03. The second-order valence-corrected chi connectivity index (χ2v) is 4.26. The van der Waals surface area contributed by atoms with Gasteiger partial charge in [-0.15, -0.1) is 0 Å². The van der Waals surface area contributed by atoms with E-state index in [9.17, 15) is 4.79 Å². The highest BCUT2D eigenvalue weighted by Crippen LogP contribution is 2.30. The first kappa shape index (κ1) is 11.5. The highest BCUT2D eigenvalue weighted by Gasteiger charge is 2.21. The molecule has 3 rings (SSSR count). The Morgan fingerprint density at radius 3 is 2.16 bits per heavy atom. The third-order valence-corrected chi connectivity index (χ3v) is 2.92. The Hall–Kier alpha value is -2.61. The van der Waals surface area contributed by atoms with E-state index in [1.807, 2.05) is 66.7 Å². The van der Waals surface area contributed by atoms with Gasteiger partial charge in [0, 0.05) is 11.6 Å². The molecule has 2 heteroatoms. The zero-order chi connectivity index (χ0) is 13.1. The van der Waals surface area contributed by atoms with Gasteiger partial charge in [-0.05, 0) is 17.2 Å². The van der Waals surface area contributed by atoms with Crippen molar-refractivity contribution in [3.8, 4) is 0 Å². The number of esters is 1. The summed E-state index contributed by atoms with van der Waals surface area (Å²) in [6.45, 7) is 0. The lowest BCUT2D eigenvalue weighted by molar-refractivity contribution is -0.132. The minimum absolute atomic E-state index is 0.318. The summed E-state index contributed by atoms with van der Waals surface area (Å²) in [6, 6.07) is 19.6. The normalized spacial score (nSPS) is 16.3. The first-order valence-electron chi connectivity index (χ1n) is 6.09. The predicted octanol–water partition coefficient (Wildman–Crippen LogP) is 3.67. The van der Waals surface area contributed by atoms with Crippen molar-refractivity contribution >= 4 is 17.6 Å². The van der Waals surface area contributed by atoms with Crippen LogP contribution in [0.3, 0.4) is 0 Å². The second-order valence-electron chi connectivity index (χ2n) is 4.26. The van der Waals surface area contributed by atoms with Gasteiger partial charge in [0.2, 0.25) is 0 Å². The molecule has 0 unspecified atom stereocenters. The van der Waals surface area contributed by atoms with Crippen molar-refractivity contribution < 1.29 is 9.53 Å². The van der Waals surface area contributed by atoms with Crippen LogP contribution in [0.1, 0.15) is 11.1 Å². The molecular weight excluding hydrogens is 236 g/mol. The molecule has 0 bridgehead atoms. The predicted molar refractivity (Wildman–Crippen MR) is 74.9 cm³/mol. The topological polar surface area (TPSA) is 26.3 Å². The molecule has 1 aliphatic rings. The fourth-order valence-corrected chi connectivity index (χ4v) is 2.03. The first-order valence-corrected chi connectivity index (χ1v) is 6.09. The standard InChI is InChI=1S/C17H12O2/c18-17-12-15(14-9-5-2-6-10-14)16(19-17)11-13-7-3-1-4-8-13/h1-12H/b16-11+. The van der Waals surface area contributed by atoms with Crippen molar-refractivity contribution in [1.29, 1.82) is 0 Å². The largest absolute Gasteiger partial charge is 0.423 e. The molecule has 1 heterocycles. The molecule has 2 aromatic rings. The van der Waals surface area contributed by atoms with Crippen LogP contribution in [0.15, 0.2) is 72.5 Å². The van der Waals surface area contributed by atoms with E-state index in [1.165, 1.54) is 6.08 Å². The highest BCUT2D eigenvalue weighted by atomic mass is 16.5.